The standard InChI is InChI=1S/C15H16N4O2S/c1-3-8-22-15-18-12(16)11(14(21)19-15)17-13(20)10-6-4-9(2)5-7-10/h3-7H,1,8H2,2H3,(H,17,20)(H3,16,18,19,21). The minimum Gasteiger partial charge on any atom is -0.382 e. The van der Waals surface area contributed by atoms with Crippen LogP contribution in [0.5, 0.6) is 0 Å². The van der Waals surface area contributed by atoms with Crippen LogP contribution in [-0.4, -0.2) is 21.6 Å². The van der Waals surface area contributed by atoms with Crippen molar-refractivity contribution in [1.82, 2.24) is 9.97 Å². The van der Waals surface area contributed by atoms with Gasteiger partial charge in [0, 0.05) is 11.3 Å². The van der Waals surface area contributed by atoms with E-state index in [2.05, 4.69) is 21.9 Å². The second kappa shape index (κ2) is 6.95. The lowest BCUT2D eigenvalue weighted by atomic mass is 10.1. The molecule has 1 amide bonds. The molecule has 0 radical (unpaired) electrons. The number of aryl methyl sites for hydroxylation is 1. The van der Waals surface area contributed by atoms with Gasteiger partial charge in [0.2, 0.25) is 0 Å². The molecule has 0 saturated carbocycles. The van der Waals surface area contributed by atoms with Gasteiger partial charge in [0.25, 0.3) is 11.5 Å². The van der Waals surface area contributed by atoms with Gasteiger partial charge in [-0.05, 0) is 19.1 Å². The number of aromatic amines is 1. The highest BCUT2D eigenvalue weighted by molar-refractivity contribution is 7.99. The van der Waals surface area contributed by atoms with Crippen molar-refractivity contribution in [3.63, 3.8) is 0 Å². The number of benzene rings is 1. The van der Waals surface area contributed by atoms with Crippen LogP contribution in [0.3, 0.4) is 0 Å². The van der Waals surface area contributed by atoms with E-state index < -0.39 is 11.5 Å². The molecule has 7 heteroatoms. The quantitative estimate of drug-likeness (QED) is 0.446. The van der Waals surface area contributed by atoms with E-state index >= 15 is 0 Å². The number of H-pyrrole nitrogens is 1. The summed E-state index contributed by atoms with van der Waals surface area (Å²) < 4.78 is 0. The third-order valence-corrected chi connectivity index (χ3v) is 3.69. The maximum absolute atomic E-state index is 12.1. The van der Waals surface area contributed by atoms with Crippen LogP contribution in [0, 0.1) is 6.92 Å². The predicted molar refractivity (Wildman–Crippen MR) is 89.3 cm³/mol. The Hall–Kier alpha value is -2.54. The number of carbonyl (C=O) groups excluding carboxylic acids is 1. The van der Waals surface area contributed by atoms with Gasteiger partial charge >= 0.3 is 0 Å². The summed E-state index contributed by atoms with van der Waals surface area (Å²) in [6, 6.07) is 6.99. The number of aromatic nitrogens is 2. The van der Waals surface area contributed by atoms with Gasteiger partial charge in [-0.1, -0.05) is 35.5 Å². The van der Waals surface area contributed by atoms with Crippen molar-refractivity contribution >= 4 is 29.2 Å². The number of nitrogens with zero attached hydrogens (tertiary/aromatic N) is 1. The summed E-state index contributed by atoms with van der Waals surface area (Å²) in [4.78, 5) is 30.8. The first kappa shape index (κ1) is 15.8. The third kappa shape index (κ3) is 3.76. The number of carbonyl (C=O) groups is 1. The zero-order valence-electron chi connectivity index (χ0n) is 12.1. The van der Waals surface area contributed by atoms with Gasteiger partial charge in [-0.3, -0.25) is 14.6 Å². The lowest BCUT2D eigenvalue weighted by Gasteiger charge is -2.08. The number of nitrogens with two attached hydrogens (primary N) is 1. The molecule has 1 heterocycles. The van der Waals surface area contributed by atoms with Crippen LogP contribution in [0.15, 0.2) is 46.9 Å². The van der Waals surface area contributed by atoms with Gasteiger partial charge in [-0.15, -0.1) is 6.58 Å². The molecule has 22 heavy (non-hydrogen) atoms. The van der Waals surface area contributed by atoms with Crippen LogP contribution in [0.25, 0.3) is 0 Å². The number of amides is 1. The molecular formula is C15H16N4O2S. The summed E-state index contributed by atoms with van der Waals surface area (Å²) in [6.07, 6.45) is 1.69. The van der Waals surface area contributed by atoms with Crippen molar-refractivity contribution in [2.45, 2.75) is 12.1 Å². The monoisotopic (exact) mass is 316 g/mol. The smallest absolute Gasteiger partial charge is 0.277 e. The molecule has 0 aliphatic rings. The fourth-order valence-corrected chi connectivity index (χ4v) is 2.29. The van der Waals surface area contributed by atoms with Gasteiger partial charge in [-0.25, -0.2) is 4.98 Å². The van der Waals surface area contributed by atoms with E-state index in [4.69, 9.17) is 5.73 Å². The highest BCUT2D eigenvalue weighted by Crippen LogP contribution is 2.17. The van der Waals surface area contributed by atoms with Crippen LogP contribution in [0.1, 0.15) is 15.9 Å². The highest BCUT2D eigenvalue weighted by atomic mass is 32.2. The summed E-state index contributed by atoms with van der Waals surface area (Å²) in [5, 5.41) is 2.88. The van der Waals surface area contributed by atoms with E-state index in [0.717, 1.165) is 5.56 Å². The largest absolute Gasteiger partial charge is 0.382 e. The summed E-state index contributed by atoms with van der Waals surface area (Å²) >= 11 is 1.30. The van der Waals surface area contributed by atoms with Crippen molar-refractivity contribution in [2.75, 3.05) is 16.8 Å². The Labute approximate surface area is 131 Å². The van der Waals surface area contributed by atoms with E-state index in [1.54, 1.807) is 18.2 Å². The Balaban J connectivity index is 2.22. The Bertz CT molecular complexity index is 753. The molecule has 2 aromatic rings. The average Bonchev–Trinajstić information content (AvgIpc) is 2.49. The molecule has 0 atom stereocenters. The topological polar surface area (TPSA) is 101 Å². The fraction of sp³-hybridized carbons (Fsp3) is 0.133. The minimum absolute atomic E-state index is 0.0178. The third-order valence-electron chi connectivity index (χ3n) is 2.82. The average molecular weight is 316 g/mol. The summed E-state index contributed by atoms with van der Waals surface area (Å²) in [6.45, 7) is 5.51. The van der Waals surface area contributed by atoms with E-state index in [9.17, 15) is 9.59 Å². The Kier molecular flexibility index (Phi) is 5.00. The Morgan fingerprint density at radius 2 is 2.14 bits per heavy atom. The second-order valence-corrected chi connectivity index (χ2v) is 5.56. The Morgan fingerprint density at radius 1 is 1.45 bits per heavy atom. The van der Waals surface area contributed by atoms with Gasteiger partial charge in [-0.2, -0.15) is 0 Å². The normalized spacial score (nSPS) is 10.2. The Morgan fingerprint density at radius 3 is 2.73 bits per heavy atom. The molecule has 0 bridgehead atoms. The van der Waals surface area contributed by atoms with Crippen molar-refractivity contribution < 1.29 is 4.79 Å². The molecule has 0 fully saturated rings. The second-order valence-electron chi connectivity index (χ2n) is 4.55. The van der Waals surface area contributed by atoms with E-state index in [1.165, 1.54) is 11.8 Å². The zero-order chi connectivity index (χ0) is 16.1. The van der Waals surface area contributed by atoms with Crippen LogP contribution in [0.4, 0.5) is 11.5 Å². The minimum atomic E-state index is -0.487. The lowest BCUT2D eigenvalue weighted by molar-refractivity contribution is 0.102. The number of nitrogens with one attached hydrogen (secondary N) is 2. The van der Waals surface area contributed by atoms with Gasteiger partial charge < -0.3 is 11.1 Å². The van der Waals surface area contributed by atoms with Gasteiger partial charge in [0.05, 0.1) is 0 Å². The van der Waals surface area contributed by atoms with Crippen molar-refractivity contribution in [2.24, 2.45) is 0 Å². The molecule has 1 aromatic heterocycles. The molecular weight excluding hydrogens is 300 g/mol. The number of hydrogen-bond acceptors (Lipinski definition) is 5. The van der Waals surface area contributed by atoms with E-state index in [0.29, 0.717) is 16.5 Å². The predicted octanol–water partition coefficient (Wildman–Crippen LogP) is 2.19. The van der Waals surface area contributed by atoms with Crippen molar-refractivity contribution in [1.29, 1.82) is 0 Å². The van der Waals surface area contributed by atoms with Gasteiger partial charge in [0.15, 0.2) is 11.0 Å². The molecule has 2 rings (SSSR count). The number of rotatable bonds is 5. The molecule has 0 spiro atoms. The lowest BCUT2D eigenvalue weighted by Crippen LogP contribution is -2.23. The van der Waals surface area contributed by atoms with Crippen LogP contribution < -0.4 is 16.6 Å². The first-order valence-corrected chi connectivity index (χ1v) is 7.51. The van der Waals surface area contributed by atoms with Crippen LogP contribution >= 0.6 is 11.8 Å². The number of nitrogen functional groups attached to an aromatic ring is 1. The van der Waals surface area contributed by atoms with Crippen LogP contribution in [-0.2, 0) is 0 Å². The molecule has 4 N–H and O–H groups in total. The molecule has 0 unspecified atom stereocenters. The maximum atomic E-state index is 12.1. The first-order valence-electron chi connectivity index (χ1n) is 6.52. The number of thioether (sulfide) groups is 1. The number of anilines is 2. The molecule has 114 valence electrons. The van der Waals surface area contributed by atoms with Crippen molar-refractivity contribution in [3.05, 3.63) is 58.4 Å². The summed E-state index contributed by atoms with van der Waals surface area (Å²) in [7, 11) is 0. The van der Waals surface area contributed by atoms with Crippen molar-refractivity contribution in [3.8, 4) is 0 Å². The van der Waals surface area contributed by atoms with E-state index in [-0.39, 0.29) is 11.5 Å². The molecule has 0 aliphatic carbocycles. The summed E-state index contributed by atoms with van der Waals surface area (Å²) in [5.74, 6) is 0.165. The number of hydrogen-bond donors (Lipinski definition) is 3. The molecule has 1 aromatic carbocycles. The van der Waals surface area contributed by atoms with E-state index in [1.807, 2.05) is 19.1 Å². The fourth-order valence-electron chi connectivity index (χ4n) is 1.69. The highest BCUT2D eigenvalue weighted by Gasteiger charge is 2.13. The molecule has 0 aliphatic heterocycles. The molecule has 6 nitrogen and oxygen atoms in total. The van der Waals surface area contributed by atoms with Gasteiger partial charge in [0.1, 0.15) is 5.69 Å². The van der Waals surface area contributed by atoms with Crippen LogP contribution in [0.2, 0.25) is 0 Å². The maximum Gasteiger partial charge on any atom is 0.277 e. The summed E-state index contributed by atoms with van der Waals surface area (Å²) in [5.41, 5.74) is 6.71. The first-order chi connectivity index (χ1) is 10.5. The molecule has 0 saturated heterocycles. The zero-order valence-corrected chi connectivity index (χ0v) is 12.9. The SMILES string of the molecule is C=CCSc1nc(N)c(NC(=O)c2ccc(C)cc2)c(=O)[nH]1.